The van der Waals surface area contributed by atoms with Gasteiger partial charge in [-0.1, -0.05) is 0 Å². The van der Waals surface area contributed by atoms with Gasteiger partial charge in [-0.3, -0.25) is 0 Å². The lowest BCUT2D eigenvalue weighted by Gasteiger charge is -1.81. The molecule has 0 aromatic carbocycles. The highest BCUT2D eigenvalue weighted by molar-refractivity contribution is 7.13. The molecule has 0 bridgehead atoms. The van der Waals surface area contributed by atoms with Crippen molar-refractivity contribution in [3.05, 3.63) is 17.5 Å². The normalized spacial score (nSPS) is 10.3. The Labute approximate surface area is 66.9 Å². The summed E-state index contributed by atoms with van der Waals surface area (Å²) in [5, 5.41) is 10.0. The number of rotatable bonds is 1. The molecule has 0 saturated carbocycles. The lowest BCUT2D eigenvalue weighted by atomic mass is 10.6. The predicted molar refractivity (Wildman–Crippen MR) is 40.1 cm³/mol. The van der Waals surface area contributed by atoms with Crippen molar-refractivity contribution in [1.82, 2.24) is 15.2 Å². The van der Waals surface area contributed by atoms with Gasteiger partial charge in [-0.05, 0) is 6.92 Å². The van der Waals surface area contributed by atoms with Crippen LogP contribution in [0.25, 0.3) is 10.9 Å². The molecule has 0 fully saturated rings. The van der Waals surface area contributed by atoms with E-state index in [4.69, 9.17) is 4.42 Å². The van der Waals surface area contributed by atoms with Crippen LogP contribution in [-0.2, 0) is 0 Å². The number of hydrogen-bond donors (Lipinski definition) is 0. The average Bonchev–Trinajstić information content (AvgIpc) is 2.55. The third-order valence-corrected chi connectivity index (χ3v) is 2.11. The van der Waals surface area contributed by atoms with Crippen molar-refractivity contribution in [3.8, 4) is 10.9 Å². The highest BCUT2D eigenvalue weighted by atomic mass is 32.1. The van der Waals surface area contributed by atoms with Crippen LogP contribution in [0, 0.1) is 6.92 Å². The first-order chi connectivity index (χ1) is 5.36. The molecule has 2 aromatic rings. The van der Waals surface area contributed by atoms with Crippen LogP contribution >= 0.6 is 11.3 Å². The molecule has 0 spiro atoms. The van der Waals surface area contributed by atoms with E-state index in [1.54, 1.807) is 0 Å². The standard InChI is InChI=1S/C6H5N3OS/c1-4-2-11-6(8-4)5-9-7-3-10-5/h2-3H,1H3. The highest BCUT2D eigenvalue weighted by Crippen LogP contribution is 2.20. The van der Waals surface area contributed by atoms with Gasteiger partial charge in [0.05, 0.1) is 0 Å². The molecule has 2 rings (SSSR count). The number of aryl methyl sites for hydroxylation is 1. The zero-order valence-electron chi connectivity index (χ0n) is 5.81. The van der Waals surface area contributed by atoms with E-state index in [0.717, 1.165) is 10.7 Å². The molecule has 0 aliphatic heterocycles. The summed E-state index contributed by atoms with van der Waals surface area (Å²) in [5.41, 5.74) is 0.975. The summed E-state index contributed by atoms with van der Waals surface area (Å²) >= 11 is 1.50. The Morgan fingerprint density at radius 3 is 3.00 bits per heavy atom. The molecule has 2 aromatic heterocycles. The third-order valence-electron chi connectivity index (χ3n) is 1.16. The molecule has 0 amide bonds. The number of hydrogen-bond acceptors (Lipinski definition) is 5. The maximum atomic E-state index is 4.96. The fourth-order valence-corrected chi connectivity index (χ4v) is 1.44. The van der Waals surface area contributed by atoms with E-state index in [-0.39, 0.29) is 0 Å². The SMILES string of the molecule is Cc1csc(-c2nnco2)n1. The monoisotopic (exact) mass is 167 g/mol. The predicted octanol–water partition coefficient (Wildman–Crippen LogP) is 1.50. The first-order valence-corrected chi connectivity index (χ1v) is 3.93. The summed E-state index contributed by atoms with van der Waals surface area (Å²) in [5.74, 6) is 0.489. The van der Waals surface area contributed by atoms with Crippen molar-refractivity contribution in [2.75, 3.05) is 0 Å². The van der Waals surface area contributed by atoms with E-state index in [1.165, 1.54) is 17.7 Å². The minimum atomic E-state index is 0.489. The second-order valence-electron chi connectivity index (χ2n) is 2.04. The van der Waals surface area contributed by atoms with E-state index < -0.39 is 0 Å². The van der Waals surface area contributed by atoms with E-state index in [0.29, 0.717) is 5.89 Å². The average molecular weight is 167 g/mol. The minimum Gasteiger partial charge on any atom is -0.422 e. The van der Waals surface area contributed by atoms with Crippen molar-refractivity contribution in [2.45, 2.75) is 6.92 Å². The Morgan fingerprint density at radius 1 is 1.55 bits per heavy atom. The van der Waals surface area contributed by atoms with Gasteiger partial charge in [0.1, 0.15) is 0 Å². The van der Waals surface area contributed by atoms with Gasteiger partial charge in [-0.15, -0.1) is 21.5 Å². The van der Waals surface area contributed by atoms with Crippen molar-refractivity contribution < 1.29 is 4.42 Å². The van der Waals surface area contributed by atoms with Crippen LogP contribution in [0.2, 0.25) is 0 Å². The molecule has 11 heavy (non-hydrogen) atoms. The topological polar surface area (TPSA) is 51.8 Å². The second kappa shape index (κ2) is 2.43. The molecule has 0 aliphatic rings. The quantitative estimate of drug-likeness (QED) is 0.645. The molecule has 0 unspecified atom stereocenters. The lowest BCUT2D eigenvalue weighted by Crippen LogP contribution is -1.76. The van der Waals surface area contributed by atoms with E-state index in [2.05, 4.69) is 15.2 Å². The summed E-state index contributed by atoms with van der Waals surface area (Å²) < 4.78 is 4.96. The van der Waals surface area contributed by atoms with Gasteiger partial charge >= 0.3 is 0 Å². The van der Waals surface area contributed by atoms with Crippen LogP contribution in [0.15, 0.2) is 16.2 Å². The van der Waals surface area contributed by atoms with E-state index >= 15 is 0 Å². The Kier molecular flexibility index (Phi) is 1.43. The van der Waals surface area contributed by atoms with Crippen LogP contribution in [-0.4, -0.2) is 15.2 Å². The van der Waals surface area contributed by atoms with Crippen LogP contribution in [0.4, 0.5) is 0 Å². The highest BCUT2D eigenvalue weighted by Gasteiger charge is 2.06. The molecule has 0 atom stereocenters. The van der Waals surface area contributed by atoms with Gasteiger partial charge in [0, 0.05) is 11.1 Å². The Hall–Kier alpha value is -1.23. The van der Waals surface area contributed by atoms with Crippen LogP contribution in [0.5, 0.6) is 0 Å². The maximum absolute atomic E-state index is 4.96. The molecule has 0 aliphatic carbocycles. The van der Waals surface area contributed by atoms with Crippen LogP contribution < -0.4 is 0 Å². The van der Waals surface area contributed by atoms with Gasteiger partial charge in [-0.25, -0.2) is 4.98 Å². The van der Waals surface area contributed by atoms with Crippen molar-refractivity contribution >= 4 is 11.3 Å². The van der Waals surface area contributed by atoms with Gasteiger partial charge in [0.15, 0.2) is 5.01 Å². The summed E-state index contributed by atoms with van der Waals surface area (Å²) in [4.78, 5) is 4.18. The summed E-state index contributed by atoms with van der Waals surface area (Å²) in [7, 11) is 0. The summed E-state index contributed by atoms with van der Waals surface area (Å²) in [6, 6.07) is 0. The van der Waals surface area contributed by atoms with Crippen LogP contribution in [0.3, 0.4) is 0 Å². The van der Waals surface area contributed by atoms with Crippen molar-refractivity contribution in [2.24, 2.45) is 0 Å². The number of nitrogens with zero attached hydrogens (tertiary/aromatic N) is 3. The van der Waals surface area contributed by atoms with Crippen molar-refractivity contribution in [3.63, 3.8) is 0 Å². The van der Waals surface area contributed by atoms with E-state index in [9.17, 15) is 0 Å². The molecule has 0 radical (unpaired) electrons. The molecular weight excluding hydrogens is 162 g/mol. The fraction of sp³-hybridized carbons (Fsp3) is 0.167. The summed E-state index contributed by atoms with van der Waals surface area (Å²) in [6.45, 7) is 1.93. The minimum absolute atomic E-state index is 0.489. The number of thiazole rings is 1. The van der Waals surface area contributed by atoms with Gasteiger partial charge in [0.25, 0.3) is 5.89 Å². The number of aromatic nitrogens is 3. The molecule has 5 heteroatoms. The molecule has 2 heterocycles. The Balaban J connectivity index is 2.45. The fourth-order valence-electron chi connectivity index (χ4n) is 0.718. The Bertz CT molecular complexity index is 340. The summed E-state index contributed by atoms with van der Waals surface area (Å²) in [6.07, 6.45) is 1.30. The van der Waals surface area contributed by atoms with Crippen molar-refractivity contribution in [1.29, 1.82) is 0 Å². The molecular formula is C6H5N3OS. The molecule has 0 saturated heterocycles. The smallest absolute Gasteiger partial charge is 0.276 e. The largest absolute Gasteiger partial charge is 0.422 e. The molecule has 56 valence electrons. The third kappa shape index (κ3) is 1.14. The Morgan fingerprint density at radius 2 is 2.45 bits per heavy atom. The second-order valence-corrected chi connectivity index (χ2v) is 2.90. The molecule has 4 nitrogen and oxygen atoms in total. The first-order valence-electron chi connectivity index (χ1n) is 3.05. The zero-order valence-corrected chi connectivity index (χ0v) is 6.63. The maximum Gasteiger partial charge on any atom is 0.276 e. The van der Waals surface area contributed by atoms with Gasteiger partial charge in [-0.2, -0.15) is 0 Å². The molecule has 0 N–H and O–H groups in total. The van der Waals surface area contributed by atoms with Crippen LogP contribution in [0.1, 0.15) is 5.69 Å². The lowest BCUT2D eigenvalue weighted by molar-refractivity contribution is 0.568. The van der Waals surface area contributed by atoms with Gasteiger partial charge < -0.3 is 4.42 Å². The van der Waals surface area contributed by atoms with E-state index in [1.807, 2.05) is 12.3 Å². The van der Waals surface area contributed by atoms with Gasteiger partial charge in [0.2, 0.25) is 6.39 Å². The first kappa shape index (κ1) is 6.48. The zero-order chi connectivity index (χ0) is 7.68.